The molecule has 5 heteroatoms. The molecule has 1 aromatic heterocycles. The van der Waals surface area contributed by atoms with Crippen molar-refractivity contribution in [1.82, 2.24) is 0 Å². The van der Waals surface area contributed by atoms with Gasteiger partial charge in [-0.2, -0.15) is 0 Å². The number of hydrogen-bond donors (Lipinski definition) is 0. The van der Waals surface area contributed by atoms with Crippen LogP contribution in [0.1, 0.15) is 16.0 Å². The summed E-state index contributed by atoms with van der Waals surface area (Å²) in [4.78, 5) is -0.136. The normalized spacial score (nSPS) is 12.7. The zero-order valence-electron chi connectivity index (χ0n) is 8.59. The van der Waals surface area contributed by atoms with Crippen molar-refractivity contribution in [2.75, 3.05) is 0 Å². The molecule has 1 unspecified atom stereocenters. The van der Waals surface area contributed by atoms with Crippen molar-refractivity contribution in [2.45, 2.75) is 11.2 Å². The fourth-order valence-electron chi connectivity index (χ4n) is 1.54. The summed E-state index contributed by atoms with van der Waals surface area (Å²) in [7, 11) is 0. The summed E-state index contributed by atoms with van der Waals surface area (Å²) in [5, 5.41) is 0.716. The second-order valence-electron chi connectivity index (χ2n) is 3.52. The van der Waals surface area contributed by atoms with E-state index in [1.165, 1.54) is 12.3 Å². The molecular formula is C12H8BrCl2FO. The summed E-state index contributed by atoms with van der Waals surface area (Å²) in [5.74, 6) is -0.318. The molecule has 0 N–H and O–H groups in total. The molecule has 1 heterocycles. The first-order chi connectivity index (χ1) is 8.09. The molecule has 0 aliphatic carbocycles. The van der Waals surface area contributed by atoms with Gasteiger partial charge in [0.25, 0.3) is 0 Å². The predicted molar refractivity (Wildman–Crippen MR) is 70.5 cm³/mol. The Morgan fingerprint density at radius 3 is 2.65 bits per heavy atom. The quantitative estimate of drug-likeness (QED) is 0.683. The van der Waals surface area contributed by atoms with E-state index < -0.39 is 0 Å². The van der Waals surface area contributed by atoms with Gasteiger partial charge in [0.15, 0.2) is 5.22 Å². The molecule has 0 aliphatic heterocycles. The van der Waals surface area contributed by atoms with E-state index in [2.05, 4.69) is 15.9 Å². The molecule has 90 valence electrons. The van der Waals surface area contributed by atoms with Gasteiger partial charge in [-0.25, -0.2) is 4.39 Å². The van der Waals surface area contributed by atoms with Gasteiger partial charge in [-0.1, -0.05) is 33.6 Å². The van der Waals surface area contributed by atoms with E-state index in [-0.39, 0.29) is 10.6 Å². The minimum atomic E-state index is -0.318. The fraction of sp³-hybridized carbons (Fsp3) is 0.167. The molecule has 0 amide bonds. The van der Waals surface area contributed by atoms with Gasteiger partial charge in [0.1, 0.15) is 5.82 Å². The minimum Gasteiger partial charge on any atom is -0.453 e. The highest BCUT2D eigenvalue weighted by Crippen LogP contribution is 2.35. The topological polar surface area (TPSA) is 13.1 Å². The molecule has 0 radical (unpaired) electrons. The summed E-state index contributed by atoms with van der Waals surface area (Å²) in [6.07, 6.45) is 1.90. The Bertz CT molecular complexity index is 507. The van der Waals surface area contributed by atoms with Crippen molar-refractivity contribution in [3.8, 4) is 0 Å². The lowest BCUT2D eigenvalue weighted by molar-refractivity contribution is 0.565. The highest BCUT2D eigenvalue weighted by atomic mass is 79.9. The van der Waals surface area contributed by atoms with Crippen LogP contribution < -0.4 is 0 Å². The van der Waals surface area contributed by atoms with Gasteiger partial charge in [0.05, 0.1) is 6.26 Å². The highest BCUT2D eigenvalue weighted by Gasteiger charge is 2.18. The van der Waals surface area contributed by atoms with E-state index >= 15 is 0 Å². The molecule has 0 bridgehead atoms. The van der Waals surface area contributed by atoms with E-state index in [9.17, 15) is 4.39 Å². The number of furan rings is 1. The molecule has 0 fully saturated rings. The zero-order valence-corrected chi connectivity index (χ0v) is 11.7. The molecule has 1 atom stereocenters. The maximum Gasteiger partial charge on any atom is 0.197 e. The third-order valence-electron chi connectivity index (χ3n) is 2.43. The number of hydrogen-bond acceptors (Lipinski definition) is 1. The number of halogens is 4. The number of alkyl halides is 1. The molecule has 2 rings (SSSR count). The maximum absolute atomic E-state index is 13.6. The van der Waals surface area contributed by atoms with Gasteiger partial charge >= 0.3 is 0 Å². The Hall–Kier alpha value is -0.510. The smallest absolute Gasteiger partial charge is 0.197 e. The van der Waals surface area contributed by atoms with Crippen molar-refractivity contribution in [1.29, 1.82) is 0 Å². The summed E-state index contributed by atoms with van der Waals surface area (Å²) in [6.45, 7) is 0. The standard InChI is InChI=1S/C12H8BrCl2FO/c13-9(7-4-5-17-12(7)15)6-8-10(14)2-1-3-11(8)16/h1-5,9H,6H2. The summed E-state index contributed by atoms with van der Waals surface area (Å²) >= 11 is 15.3. The van der Waals surface area contributed by atoms with E-state index in [4.69, 9.17) is 27.6 Å². The lowest BCUT2D eigenvalue weighted by atomic mass is 10.1. The van der Waals surface area contributed by atoms with Crippen LogP contribution in [-0.2, 0) is 6.42 Å². The van der Waals surface area contributed by atoms with Crippen molar-refractivity contribution >= 4 is 39.1 Å². The van der Waals surface area contributed by atoms with Crippen LogP contribution in [0.5, 0.6) is 0 Å². The average molecular weight is 338 g/mol. The lowest BCUT2D eigenvalue weighted by Crippen LogP contribution is -1.98. The zero-order chi connectivity index (χ0) is 12.4. The van der Waals surface area contributed by atoms with Gasteiger partial charge in [-0.15, -0.1) is 0 Å². The van der Waals surface area contributed by atoms with Crippen molar-refractivity contribution in [3.63, 3.8) is 0 Å². The molecule has 0 saturated carbocycles. The van der Waals surface area contributed by atoms with E-state index in [0.29, 0.717) is 22.2 Å². The highest BCUT2D eigenvalue weighted by molar-refractivity contribution is 9.09. The molecule has 0 saturated heterocycles. The van der Waals surface area contributed by atoms with Crippen LogP contribution in [0.15, 0.2) is 34.9 Å². The van der Waals surface area contributed by atoms with Crippen LogP contribution in [0.2, 0.25) is 10.2 Å². The van der Waals surface area contributed by atoms with Crippen molar-refractivity contribution in [2.24, 2.45) is 0 Å². The Morgan fingerprint density at radius 2 is 2.06 bits per heavy atom. The monoisotopic (exact) mass is 336 g/mol. The van der Waals surface area contributed by atoms with Crippen LogP contribution in [0.4, 0.5) is 4.39 Å². The first kappa shape index (κ1) is 12.9. The second-order valence-corrected chi connectivity index (χ2v) is 5.38. The van der Waals surface area contributed by atoms with Crippen LogP contribution in [0, 0.1) is 5.82 Å². The molecule has 0 aliphatic rings. The SMILES string of the molecule is Fc1cccc(Cl)c1CC(Br)c1ccoc1Cl. The number of rotatable bonds is 3. The van der Waals surface area contributed by atoms with E-state index in [1.807, 2.05) is 0 Å². The molecule has 17 heavy (non-hydrogen) atoms. The van der Waals surface area contributed by atoms with Crippen molar-refractivity contribution in [3.05, 3.63) is 57.7 Å². The summed E-state index contributed by atoms with van der Waals surface area (Å²) in [5.41, 5.74) is 1.25. The summed E-state index contributed by atoms with van der Waals surface area (Å²) in [6, 6.07) is 6.38. The van der Waals surface area contributed by atoms with Crippen LogP contribution in [0.3, 0.4) is 0 Å². The molecule has 0 spiro atoms. The van der Waals surface area contributed by atoms with Gasteiger partial charge < -0.3 is 4.42 Å². The fourth-order valence-corrected chi connectivity index (χ4v) is 2.85. The van der Waals surface area contributed by atoms with Crippen LogP contribution in [0.25, 0.3) is 0 Å². The second kappa shape index (κ2) is 5.42. The van der Waals surface area contributed by atoms with E-state index in [1.54, 1.807) is 18.2 Å². The Kier molecular flexibility index (Phi) is 4.13. The van der Waals surface area contributed by atoms with Gasteiger partial charge in [-0.05, 0) is 36.2 Å². The Labute approximate surface area is 117 Å². The minimum absolute atomic E-state index is 0.136. The van der Waals surface area contributed by atoms with Crippen LogP contribution >= 0.6 is 39.1 Å². The Balaban J connectivity index is 2.25. The average Bonchev–Trinajstić information content (AvgIpc) is 2.70. The molecule has 1 nitrogen and oxygen atoms in total. The van der Waals surface area contributed by atoms with Gasteiger partial charge in [-0.3, -0.25) is 0 Å². The molecular weight excluding hydrogens is 330 g/mol. The molecule has 2 aromatic rings. The number of benzene rings is 1. The maximum atomic E-state index is 13.6. The third-order valence-corrected chi connectivity index (χ3v) is 3.91. The largest absolute Gasteiger partial charge is 0.453 e. The van der Waals surface area contributed by atoms with Gasteiger partial charge in [0, 0.05) is 21.0 Å². The van der Waals surface area contributed by atoms with E-state index in [0.717, 1.165) is 5.56 Å². The van der Waals surface area contributed by atoms with Crippen molar-refractivity contribution < 1.29 is 8.81 Å². The first-order valence-corrected chi connectivity index (χ1v) is 6.56. The third kappa shape index (κ3) is 2.84. The van der Waals surface area contributed by atoms with Gasteiger partial charge in [0.2, 0.25) is 0 Å². The molecule has 1 aromatic carbocycles. The summed E-state index contributed by atoms with van der Waals surface area (Å²) < 4.78 is 18.6. The predicted octanol–water partition coefficient (Wildman–Crippen LogP) is 5.40. The lowest BCUT2D eigenvalue weighted by Gasteiger charge is -2.10. The Morgan fingerprint density at radius 1 is 1.29 bits per heavy atom. The van der Waals surface area contributed by atoms with Crippen LogP contribution in [-0.4, -0.2) is 0 Å². The first-order valence-electron chi connectivity index (χ1n) is 4.89.